The lowest BCUT2D eigenvalue weighted by molar-refractivity contribution is 0.0761. The van der Waals surface area contributed by atoms with E-state index in [0.717, 1.165) is 44.7 Å². The molecular weight excluding hydrogens is 314 g/mol. The molecule has 0 radical (unpaired) electrons. The summed E-state index contributed by atoms with van der Waals surface area (Å²) in [4.78, 5) is 19.8. The van der Waals surface area contributed by atoms with Crippen LogP contribution in [0.3, 0.4) is 0 Å². The van der Waals surface area contributed by atoms with Gasteiger partial charge in [-0.15, -0.1) is 0 Å². The first-order chi connectivity index (χ1) is 12.1. The smallest absolute Gasteiger partial charge is 0.257 e. The van der Waals surface area contributed by atoms with Gasteiger partial charge in [-0.1, -0.05) is 0 Å². The van der Waals surface area contributed by atoms with Gasteiger partial charge >= 0.3 is 0 Å². The van der Waals surface area contributed by atoms with Gasteiger partial charge in [-0.3, -0.25) is 9.48 Å². The molecule has 0 bridgehead atoms. The van der Waals surface area contributed by atoms with E-state index in [9.17, 15) is 4.79 Å². The minimum atomic E-state index is 0.130. The Morgan fingerprint density at radius 1 is 1.00 bits per heavy atom. The van der Waals surface area contributed by atoms with E-state index in [1.165, 1.54) is 38.9 Å². The highest BCUT2D eigenvalue weighted by Gasteiger charge is 2.21. The van der Waals surface area contributed by atoms with Crippen molar-refractivity contribution in [2.24, 2.45) is 0 Å². The third-order valence-electron chi connectivity index (χ3n) is 5.40. The summed E-state index contributed by atoms with van der Waals surface area (Å²) in [5, 5.41) is 4.30. The van der Waals surface area contributed by atoms with Crippen LogP contribution in [-0.2, 0) is 0 Å². The van der Waals surface area contributed by atoms with Crippen molar-refractivity contribution in [3.05, 3.63) is 18.0 Å². The molecule has 1 amide bonds. The largest absolute Gasteiger partial charge is 0.337 e. The Morgan fingerprint density at radius 2 is 1.68 bits per heavy atom. The second-order valence-corrected chi connectivity index (χ2v) is 7.69. The van der Waals surface area contributed by atoms with Gasteiger partial charge in [0, 0.05) is 31.9 Å². The summed E-state index contributed by atoms with van der Waals surface area (Å²) in [6.45, 7) is 12.9. The Morgan fingerprint density at radius 3 is 2.36 bits per heavy atom. The van der Waals surface area contributed by atoms with E-state index in [0.29, 0.717) is 0 Å². The van der Waals surface area contributed by atoms with Gasteiger partial charge in [0.05, 0.1) is 11.8 Å². The number of nitrogens with zero attached hydrogens (tertiary/aromatic N) is 5. The maximum absolute atomic E-state index is 12.7. The summed E-state index contributed by atoms with van der Waals surface area (Å²) in [7, 11) is 0. The Balaban J connectivity index is 1.44. The first-order valence-corrected chi connectivity index (χ1v) is 9.91. The predicted octanol–water partition coefficient (Wildman–Crippen LogP) is 2.10. The van der Waals surface area contributed by atoms with Crippen molar-refractivity contribution in [3.8, 4) is 0 Å². The SMILES string of the molecule is CC(C)n1cc(C(=O)N2CCCN(CCCN3CCCC3)CC2)cn1. The number of carbonyl (C=O) groups is 1. The van der Waals surface area contributed by atoms with Crippen LogP contribution in [0.5, 0.6) is 0 Å². The van der Waals surface area contributed by atoms with E-state index in [2.05, 4.69) is 28.7 Å². The summed E-state index contributed by atoms with van der Waals surface area (Å²) < 4.78 is 1.86. The van der Waals surface area contributed by atoms with E-state index in [1.54, 1.807) is 6.20 Å². The van der Waals surface area contributed by atoms with Crippen LogP contribution in [0.15, 0.2) is 12.4 Å². The van der Waals surface area contributed by atoms with Crippen molar-refractivity contribution in [3.63, 3.8) is 0 Å². The summed E-state index contributed by atoms with van der Waals surface area (Å²) in [5.41, 5.74) is 0.719. The lowest BCUT2D eigenvalue weighted by atomic mass is 10.3. The van der Waals surface area contributed by atoms with Crippen LogP contribution in [-0.4, -0.2) is 82.7 Å². The molecule has 0 aromatic carbocycles. The Kier molecular flexibility index (Phi) is 6.48. The molecule has 1 aromatic heterocycles. The molecule has 25 heavy (non-hydrogen) atoms. The molecule has 0 N–H and O–H groups in total. The molecule has 140 valence electrons. The summed E-state index contributed by atoms with van der Waals surface area (Å²) >= 11 is 0. The average molecular weight is 348 g/mol. The van der Waals surface area contributed by atoms with Gasteiger partial charge < -0.3 is 14.7 Å². The van der Waals surface area contributed by atoms with Crippen molar-refractivity contribution in [1.82, 2.24) is 24.5 Å². The summed E-state index contributed by atoms with van der Waals surface area (Å²) in [6.07, 6.45) is 8.64. The van der Waals surface area contributed by atoms with E-state index in [4.69, 9.17) is 0 Å². The fourth-order valence-corrected chi connectivity index (χ4v) is 3.84. The molecule has 2 saturated heterocycles. The van der Waals surface area contributed by atoms with Crippen molar-refractivity contribution >= 4 is 5.91 Å². The van der Waals surface area contributed by atoms with Crippen LogP contribution in [0.25, 0.3) is 0 Å². The zero-order chi connectivity index (χ0) is 17.6. The molecule has 6 nitrogen and oxygen atoms in total. The Hall–Kier alpha value is -1.40. The lowest BCUT2D eigenvalue weighted by Gasteiger charge is -2.22. The van der Waals surface area contributed by atoms with Crippen LogP contribution in [0.1, 0.15) is 55.9 Å². The predicted molar refractivity (Wildman–Crippen MR) is 99.9 cm³/mol. The molecular formula is C19H33N5O. The van der Waals surface area contributed by atoms with Crippen molar-refractivity contribution in [2.75, 3.05) is 52.4 Å². The van der Waals surface area contributed by atoms with Crippen LogP contribution in [0.2, 0.25) is 0 Å². The van der Waals surface area contributed by atoms with Gasteiger partial charge in [-0.25, -0.2) is 0 Å². The molecule has 0 aliphatic carbocycles. The van der Waals surface area contributed by atoms with Crippen molar-refractivity contribution < 1.29 is 4.79 Å². The van der Waals surface area contributed by atoms with Crippen LogP contribution in [0, 0.1) is 0 Å². The molecule has 0 saturated carbocycles. The number of carbonyl (C=O) groups excluding carboxylic acids is 1. The fourth-order valence-electron chi connectivity index (χ4n) is 3.84. The zero-order valence-corrected chi connectivity index (χ0v) is 15.9. The fraction of sp³-hybridized carbons (Fsp3) is 0.789. The first kappa shape index (κ1) is 18.4. The molecule has 2 fully saturated rings. The summed E-state index contributed by atoms with van der Waals surface area (Å²) in [5.74, 6) is 0.130. The van der Waals surface area contributed by atoms with Crippen LogP contribution < -0.4 is 0 Å². The van der Waals surface area contributed by atoms with Gasteiger partial charge in [0.2, 0.25) is 0 Å². The third-order valence-corrected chi connectivity index (χ3v) is 5.40. The highest BCUT2D eigenvalue weighted by Crippen LogP contribution is 2.12. The molecule has 3 rings (SSSR count). The molecule has 0 atom stereocenters. The van der Waals surface area contributed by atoms with Gasteiger partial charge in [-0.2, -0.15) is 5.10 Å². The van der Waals surface area contributed by atoms with Gasteiger partial charge in [0.15, 0.2) is 0 Å². The topological polar surface area (TPSA) is 44.6 Å². The van der Waals surface area contributed by atoms with E-state index < -0.39 is 0 Å². The standard InChI is InChI=1S/C19H33N5O/c1-17(2)24-16-18(15-20-24)19(25)23-12-6-11-22(13-14-23)10-5-9-21-7-3-4-8-21/h15-17H,3-14H2,1-2H3. The molecule has 2 aliphatic heterocycles. The van der Waals surface area contributed by atoms with Gasteiger partial charge in [0.1, 0.15) is 0 Å². The number of hydrogen-bond donors (Lipinski definition) is 0. The minimum Gasteiger partial charge on any atom is -0.337 e. The first-order valence-electron chi connectivity index (χ1n) is 9.91. The van der Waals surface area contributed by atoms with E-state index in [-0.39, 0.29) is 11.9 Å². The quantitative estimate of drug-likeness (QED) is 0.790. The van der Waals surface area contributed by atoms with Crippen molar-refractivity contribution in [2.45, 2.75) is 45.6 Å². The van der Waals surface area contributed by atoms with E-state index >= 15 is 0 Å². The van der Waals surface area contributed by atoms with Crippen LogP contribution >= 0.6 is 0 Å². The number of aromatic nitrogens is 2. The normalized spacial score (nSPS) is 20.4. The highest BCUT2D eigenvalue weighted by molar-refractivity contribution is 5.93. The summed E-state index contributed by atoms with van der Waals surface area (Å²) in [6, 6.07) is 0.289. The van der Waals surface area contributed by atoms with Crippen LogP contribution in [0.4, 0.5) is 0 Å². The number of rotatable bonds is 6. The highest BCUT2D eigenvalue weighted by atomic mass is 16.2. The van der Waals surface area contributed by atoms with Gasteiger partial charge in [-0.05, 0) is 72.3 Å². The zero-order valence-electron chi connectivity index (χ0n) is 15.9. The monoisotopic (exact) mass is 347 g/mol. The van der Waals surface area contributed by atoms with Crippen molar-refractivity contribution in [1.29, 1.82) is 0 Å². The van der Waals surface area contributed by atoms with E-state index in [1.807, 2.05) is 15.8 Å². The third kappa shape index (κ3) is 5.05. The average Bonchev–Trinajstić information content (AvgIpc) is 3.23. The number of likely N-dealkylation sites (tertiary alicyclic amines) is 1. The van der Waals surface area contributed by atoms with Gasteiger partial charge in [0.25, 0.3) is 5.91 Å². The molecule has 3 heterocycles. The minimum absolute atomic E-state index is 0.130. The molecule has 0 unspecified atom stereocenters. The maximum Gasteiger partial charge on any atom is 0.257 e. The number of hydrogen-bond acceptors (Lipinski definition) is 4. The maximum atomic E-state index is 12.7. The molecule has 0 spiro atoms. The second-order valence-electron chi connectivity index (χ2n) is 7.69. The molecule has 2 aliphatic rings. The molecule has 6 heteroatoms. The lowest BCUT2D eigenvalue weighted by Crippen LogP contribution is -2.35. The Bertz CT molecular complexity index is 550. The number of amides is 1. The molecule has 1 aromatic rings. The second kappa shape index (κ2) is 8.81. The Labute approximate surface area is 151 Å².